The minimum absolute atomic E-state index is 0.0120. The standard InChI is InChI=1S/C31H34N4O3S.C24H28N4O.C16H23N3O/c1-23-13-15-25(16-14-23)39(37,38)35-21-28(26-11-7-8-12-27(26)35)34-22-30(32-29(34)36)17-19-31(20-18-30,33(2)3)24-9-5-4-6-10-24;1-27(2)24(18-8-4-3-5-9-18)14-12-23(13-15-24)17-28(22(29)26-23)21-16-25-20-11-7-6-10-19(20)21;1-19(2)16(13-6-4-3-5-7-13)10-8-15(9-11-16)12-17-14(20)18-15/h4-16,21H,17-20,22H2,1-3H3,(H,32,36);3-11,16,25H,12-15,17H2,1-2H3,(H,26,29);3-7H,8-12H2,1-2H3,(H2,17,18,20). The molecule has 0 radical (unpaired) electrons. The van der Waals surface area contributed by atoms with Crippen molar-refractivity contribution in [1.29, 1.82) is 0 Å². The zero-order valence-corrected chi connectivity index (χ0v) is 52.8. The van der Waals surface area contributed by atoms with Crippen LogP contribution in [0.2, 0.25) is 0 Å². The number of benzene rings is 6. The first-order valence-corrected chi connectivity index (χ1v) is 32.6. The van der Waals surface area contributed by atoms with E-state index >= 15 is 0 Å². The lowest BCUT2D eigenvalue weighted by Crippen LogP contribution is -2.54. The van der Waals surface area contributed by atoms with Crippen LogP contribution in [0.5, 0.6) is 0 Å². The summed E-state index contributed by atoms with van der Waals surface area (Å²) in [5.74, 6) is 0. The fourth-order valence-electron chi connectivity index (χ4n) is 15.6. The van der Waals surface area contributed by atoms with Crippen molar-refractivity contribution in [2.45, 2.75) is 122 Å². The van der Waals surface area contributed by atoms with Gasteiger partial charge in [0, 0.05) is 51.8 Å². The Morgan fingerprint density at radius 2 is 0.852 bits per heavy atom. The number of aryl methyl sites for hydroxylation is 1. The van der Waals surface area contributed by atoms with E-state index in [4.69, 9.17) is 0 Å². The van der Waals surface area contributed by atoms with Crippen molar-refractivity contribution in [3.8, 4) is 0 Å². The van der Waals surface area contributed by atoms with Gasteiger partial charge in [-0.2, -0.15) is 0 Å². The molecule has 6 fully saturated rings. The number of nitrogens with one attached hydrogen (secondary N) is 5. The minimum Gasteiger partial charge on any atom is -0.359 e. The van der Waals surface area contributed by atoms with Gasteiger partial charge in [-0.25, -0.2) is 26.8 Å². The molecular weight excluding hydrogens is 1120 g/mol. The summed E-state index contributed by atoms with van der Waals surface area (Å²) in [4.78, 5) is 52.1. The van der Waals surface area contributed by atoms with Crippen molar-refractivity contribution in [2.75, 3.05) is 71.7 Å². The summed E-state index contributed by atoms with van der Waals surface area (Å²) in [6.07, 6.45) is 15.3. The lowest BCUT2D eigenvalue weighted by molar-refractivity contribution is 0.0652. The molecule has 0 unspecified atom stereocenters. The van der Waals surface area contributed by atoms with Gasteiger partial charge in [0.2, 0.25) is 0 Å². The van der Waals surface area contributed by atoms with E-state index in [0.717, 1.165) is 118 Å². The Labute approximate surface area is 518 Å². The van der Waals surface area contributed by atoms with Gasteiger partial charge in [0.1, 0.15) is 0 Å². The molecule has 5 heterocycles. The Balaban J connectivity index is 0.000000136. The number of rotatable bonds is 10. The smallest absolute Gasteiger partial charge is 0.322 e. The molecule has 6 aromatic carbocycles. The molecule has 0 atom stereocenters. The minimum atomic E-state index is -3.84. The summed E-state index contributed by atoms with van der Waals surface area (Å²) in [6, 6.07) is 54.4. The molecule has 2 aromatic heterocycles. The van der Waals surface area contributed by atoms with E-state index in [1.165, 1.54) is 20.7 Å². The topological polar surface area (TPSA) is 170 Å². The Hall–Kier alpha value is -7.96. The molecule has 8 aromatic rings. The molecule has 0 bridgehead atoms. The van der Waals surface area contributed by atoms with Crippen LogP contribution in [0.3, 0.4) is 0 Å². The largest absolute Gasteiger partial charge is 0.359 e. The van der Waals surface area contributed by atoms with E-state index in [-0.39, 0.29) is 56.2 Å². The predicted octanol–water partition coefficient (Wildman–Crippen LogP) is 12.0. The first kappa shape index (κ1) is 60.3. The molecule has 3 saturated carbocycles. The first-order valence-electron chi connectivity index (χ1n) is 31.2. The number of anilines is 2. The third-order valence-electron chi connectivity index (χ3n) is 21.1. The maximum atomic E-state index is 13.7. The van der Waals surface area contributed by atoms with Crippen molar-refractivity contribution in [1.82, 2.24) is 44.9 Å². The quantitative estimate of drug-likeness (QED) is 0.0901. The number of para-hydroxylation sites is 2. The van der Waals surface area contributed by atoms with Crippen LogP contribution in [-0.4, -0.2) is 129 Å². The van der Waals surface area contributed by atoms with Crippen LogP contribution < -0.4 is 31.1 Å². The number of H-pyrrole nitrogens is 1. The van der Waals surface area contributed by atoms with Crippen molar-refractivity contribution in [3.05, 3.63) is 198 Å². The zero-order chi connectivity index (χ0) is 61.7. The van der Waals surface area contributed by atoms with Crippen LogP contribution >= 0.6 is 0 Å². The van der Waals surface area contributed by atoms with Gasteiger partial charge in [-0.05, 0) is 167 Å². The molecule has 17 heteroatoms. The Kier molecular flexibility index (Phi) is 16.1. The molecule has 88 heavy (non-hydrogen) atoms. The van der Waals surface area contributed by atoms with Crippen molar-refractivity contribution >= 4 is 61.3 Å². The molecule has 5 N–H and O–H groups in total. The van der Waals surface area contributed by atoms with Gasteiger partial charge in [0.05, 0.1) is 51.5 Å². The Morgan fingerprint density at radius 3 is 1.30 bits per heavy atom. The Bertz CT molecular complexity index is 3920. The van der Waals surface area contributed by atoms with Crippen LogP contribution in [0.1, 0.15) is 99.3 Å². The van der Waals surface area contributed by atoms with E-state index < -0.39 is 10.0 Å². The molecule has 6 aliphatic rings. The summed E-state index contributed by atoms with van der Waals surface area (Å²) < 4.78 is 28.7. The predicted molar refractivity (Wildman–Crippen MR) is 351 cm³/mol. The molecule has 3 aliphatic carbocycles. The summed E-state index contributed by atoms with van der Waals surface area (Å²) in [7, 11) is 9.10. The molecule has 14 rings (SSSR count). The SMILES string of the molecule is CN(C)C1(c2ccccc2)CCC2(CC1)CN(c1c[nH]c3ccccc13)C(=O)N2.CN(C)C1(c2ccccc2)CCC2(CC1)CNC(=O)N2.Cc1ccc(S(=O)(=O)n2cc(N3CC4(CCC(c5ccccc5)(N(C)C)CC4)NC3=O)c3ccccc32)cc1. The normalized spacial score (nSPS) is 27.0. The number of carbonyl (C=O) groups excluding carboxylic acids is 3. The number of amides is 6. The van der Waals surface area contributed by atoms with Crippen LogP contribution in [0.15, 0.2) is 181 Å². The molecule has 3 saturated heterocycles. The second-order valence-corrected chi connectivity index (χ2v) is 28.2. The molecular formula is C71H85N11O5S. The van der Waals surface area contributed by atoms with Gasteiger partial charge in [-0.15, -0.1) is 0 Å². The second-order valence-electron chi connectivity index (χ2n) is 26.4. The maximum absolute atomic E-state index is 13.7. The summed E-state index contributed by atoms with van der Waals surface area (Å²) >= 11 is 0. The number of hydrogen-bond acceptors (Lipinski definition) is 8. The maximum Gasteiger partial charge on any atom is 0.322 e. The second kappa shape index (κ2) is 23.5. The third-order valence-corrected chi connectivity index (χ3v) is 22.8. The van der Waals surface area contributed by atoms with Gasteiger partial charge in [-0.3, -0.25) is 24.5 Å². The van der Waals surface area contributed by atoms with Crippen LogP contribution in [-0.2, 0) is 26.6 Å². The molecule has 460 valence electrons. The zero-order valence-electron chi connectivity index (χ0n) is 52.0. The van der Waals surface area contributed by atoms with Crippen molar-refractivity contribution < 1.29 is 22.8 Å². The molecule has 6 amide bonds. The highest BCUT2D eigenvalue weighted by molar-refractivity contribution is 7.90. The fraction of sp³-hybridized carbons (Fsp3) is 0.394. The number of carbonyl (C=O) groups is 3. The number of hydrogen-bond donors (Lipinski definition) is 5. The Morgan fingerprint density at radius 1 is 0.443 bits per heavy atom. The van der Waals surface area contributed by atoms with Gasteiger partial charge in [0.25, 0.3) is 10.0 Å². The van der Waals surface area contributed by atoms with E-state index in [1.807, 2.05) is 54.4 Å². The molecule has 3 spiro atoms. The lowest BCUT2D eigenvalue weighted by Gasteiger charge is -2.48. The van der Waals surface area contributed by atoms with Crippen molar-refractivity contribution in [3.63, 3.8) is 0 Å². The average molecular weight is 1200 g/mol. The highest BCUT2D eigenvalue weighted by atomic mass is 32.2. The number of aromatic amines is 1. The highest BCUT2D eigenvalue weighted by Gasteiger charge is 2.53. The van der Waals surface area contributed by atoms with Crippen LogP contribution in [0, 0.1) is 6.92 Å². The number of fused-ring (bicyclic) bond motifs is 2. The van der Waals surface area contributed by atoms with Gasteiger partial charge in [0.15, 0.2) is 0 Å². The average Bonchev–Trinajstić information content (AvgIpc) is 1.57. The van der Waals surface area contributed by atoms with Crippen LogP contribution in [0.4, 0.5) is 25.8 Å². The summed E-state index contributed by atoms with van der Waals surface area (Å²) in [5, 5.41) is 14.5. The van der Waals surface area contributed by atoms with Crippen LogP contribution in [0.25, 0.3) is 21.8 Å². The monoisotopic (exact) mass is 1200 g/mol. The van der Waals surface area contributed by atoms with Gasteiger partial charge < -0.3 is 26.3 Å². The first-order chi connectivity index (χ1) is 42.2. The highest BCUT2D eigenvalue weighted by Crippen LogP contribution is 2.50. The van der Waals surface area contributed by atoms with Gasteiger partial charge in [-0.1, -0.05) is 145 Å². The number of aromatic nitrogens is 2. The fourth-order valence-corrected chi connectivity index (χ4v) is 16.9. The summed E-state index contributed by atoms with van der Waals surface area (Å²) in [6.45, 7) is 3.92. The summed E-state index contributed by atoms with van der Waals surface area (Å²) in [5.41, 5.74) is 7.78. The molecule has 16 nitrogen and oxygen atoms in total. The number of nitrogens with zero attached hydrogens (tertiary/aromatic N) is 6. The van der Waals surface area contributed by atoms with E-state index in [0.29, 0.717) is 17.7 Å². The van der Waals surface area contributed by atoms with Crippen molar-refractivity contribution in [2.24, 2.45) is 0 Å². The van der Waals surface area contributed by atoms with E-state index in [2.05, 4.69) is 180 Å². The van der Waals surface area contributed by atoms with E-state index in [1.54, 1.807) is 41.4 Å². The number of urea groups is 3. The van der Waals surface area contributed by atoms with E-state index in [9.17, 15) is 22.8 Å². The third kappa shape index (κ3) is 10.9. The van der Waals surface area contributed by atoms with Gasteiger partial charge >= 0.3 is 18.1 Å². The lowest BCUT2D eigenvalue weighted by atomic mass is 9.69. The molecule has 3 aliphatic heterocycles.